The monoisotopic (exact) mass is 274 g/mol. The van der Waals surface area contributed by atoms with E-state index >= 15 is 0 Å². The summed E-state index contributed by atoms with van der Waals surface area (Å²) in [5.41, 5.74) is 2.57. The first-order valence-electron chi connectivity index (χ1n) is 7.96. The molecule has 2 heterocycles. The molecule has 2 atom stereocenters. The molecule has 1 N–H and O–H groups in total. The van der Waals surface area contributed by atoms with Crippen molar-refractivity contribution in [3.05, 3.63) is 23.8 Å². The fraction of sp³-hybridized carbons (Fsp3) is 0.647. The Bertz CT molecular complexity index is 460. The van der Waals surface area contributed by atoms with Crippen molar-refractivity contribution < 1.29 is 4.74 Å². The summed E-state index contributed by atoms with van der Waals surface area (Å²) in [6.07, 6.45) is 4.16. The Morgan fingerprint density at radius 1 is 1.35 bits per heavy atom. The Labute approximate surface area is 122 Å². The summed E-state index contributed by atoms with van der Waals surface area (Å²) >= 11 is 0. The molecule has 110 valence electrons. The van der Waals surface area contributed by atoms with E-state index in [2.05, 4.69) is 42.3 Å². The second-order valence-electron chi connectivity index (χ2n) is 6.44. The van der Waals surface area contributed by atoms with E-state index in [1.54, 1.807) is 0 Å². The van der Waals surface area contributed by atoms with E-state index in [1.165, 1.54) is 38.0 Å². The molecule has 2 aliphatic heterocycles. The normalized spacial score (nSPS) is 26.5. The number of likely N-dealkylation sites (tertiary alicyclic amines) is 1. The Hall–Kier alpha value is -1.22. The van der Waals surface area contributed by atoms with Crippen LogP contribution in [0.25, 0.3) is 0 Å². The quantitative estimate of drug-likeness (QED) is 0.916. The molecule has 0 saturated carbocycles. The third-order valence-electron chi connectivity index (χ3n) is 4.41. The van der Waals surface area contributed by atoms with Crippen molar-refractivity contribution in [2.24, 2.45) is 5.92 Å². The number of hydrogen-bond acceptors (Lipinski definition) is 3. The van der Waals surface area contributed by atoms with Gasteiger partial charge in [0.15, 0.2) is 0 Å². The van der Waals surface area contributed by atoms with Gasteiger partial charge in [0.1, 0.15) is 11.9 Å². The fourth-order valence-electron chi connectivity index (χ4n) is 3.26. The van der Waals surface area contributed by atoms with Gasteiger partial charge < -0.3 is 15.0 Å². The topological polar surface area (TPSA) is 24.5 Å². The molecule has 3 nitrogen and oxygen atoms in total. The highest BCUT2D eigenvalue weighted by atomic mass is 16.5. The molecule has 1 aromatic rings. The summed E-state index contributed by atoms with van der Waals surface area (Å²) in [6, 6.07) is 6.59. The van der Waals surface area contributed by atoms with Crippen molar-refractivity contribution >= 4 is 5.69 Å². The molecule has 0 spiro atoms. The van der Waals surface area contributed by atoms with Gasteiger partial charge in [-0.25, -0.2) is 0 Å². The van der Waals surface area contributed by atoms with E-state index in [4.69, 9.17) is 4.74 Å². The van der Waals surface area contributed by atoms with Crippen molar-refractivity contribution in [2.75, 3.05) is 31.5 Å². The van der Waals surface area contributed by atoms with Crippen LogP contribution in [0.15, 0.2) is 18.2 Å². The van der Waals surface area contributed by atoms with Gasteiger partial charge in [-0.05, 0) is 56.3 Å². The Morgan fingerprint density at radius 3 is 3.10 bits per heavy atom. The number of benzene rings is 1. The molecule has 0 aromatic heterocycles. The summed E-state index contributed by atoms with van der Waals surface area (Å²) < 4.78 is 5.82. The van der Waals surface area contributed by atoms with Gasteiger partial charge in [0, 0.05) is 13.1 Å². The molecule has 1 fully saturated rings. The summed E-state index contributed by atoms with van der Waals surface area (Å²) in [4.78, 5) is 2.61. The molecule has 0 radical (unpaired) electrons. The molecule has 2 unspecified atom stereocenters. The minimum atomic E-state index is 0.267. The average molecular weight is 274 g/mol. The molecular weight excluding hydrogens is 248 g/mol. The maximum absolute atomic E-state index is 5.82. The van der Waals surface area contributed by atoms with Gasteiger partial charge >= 0.3 is 0 Å². The van der Waals surface area contributed by atoms with Gasteiger partial charge in [0.25, 0.3) is 0 Å². The minimum absolute atomic E-state index is 0.267. The number of ether oxygens (including phenoxy) is 1. The van der Waals surface area contributed by atoms with Crippen LogP contribution in [-0.4, -0.2) is 37.2 Å². The van der Waals surface area contributed by atoms with Gasteiger partial charge in [-0.1, -0.05) is 13.0 Å². The molecule has 20 heavy (non-hydrogen) atoms. The van der Waals surface area contributed by atoms with Crippen molar-refractivity contribution in [2.45, 2.75) is 39.2 Å². The Balaban J connectivity index is 1.58. The molecular formula is C17H26N2O. The van der Waals surface area contributed by atoms with Crippen molar-refractivity contribution in [3.8, 4) is 5.75 Å². The first-order valence-corrected chi connectivity index (χ1v) is 7.96. The van der Waals surface area contributed by atoms with Crippen molar-refractivity contribution in [1.29, 1.82) is 0 Å². The molecule has 2 aliphatic rings. The molecule has 1 aromatic carbocycles. The highest BCUT2D eigenvalue weighted by Crippen LogP contribution is 2.30. The highest BCUT2D eigenvalue weighted by molar-refractivity contribution is 5.59. The predicted octanol–water partition coefficient (Wildman–Crippen LogP) is 3.15. The lowest BCUT2D eigenvalue weighted by molar-refractivity contribution is 0.186. The van der Waals surface area contributed by atoms with Crippen LogP contribution in [-0.2, 0) is 6.42 Å². The van der Waals surface area contributed by atoms with Crippen LogP contribution in [0.2, 0.25) is 0 Å². The third kappa shape index (κ3) is 3.26. The van der Waals surface area contributed by atoms with Crippen LogP contribution < -0.4 is 10.1 Å². The maximum atomic E-state index is 5.82. The zero-order chi connectivity index (χ0) is 13.9. The summed E-state index contributed by atoms with van der Waals surface area (Å²) in [5, 5.41) is 3.46. The third-order valence-corrected chi connectivity index (χ3v) is 4.41. The zero-order valence-electron chi connectivity index (χ0n) is 12.7. The average Bonchev–Trinajstić information content (AvgIpc) is 2.45. The summed E-state index contributed by atoms with van der Waals surface area (Å²) in [7, 11) is 0. The molecule has 0 bridgehead atoms. The van der Waals surface area contributed by atoms with E-state index in [0.29, 0.717) is 0 Å². The first kappa shape index (κ1) is 13.7. The number of fused-ring (bicyclic) bond motifs is 1. The van der Waals surface area contributed by atoms with Gasteiger partial charge in [0.05, 0.1) is 12.2 Å². The number of rotatable bonds is 3. The van der Waals surface area contributed by atoms with Gasteiger partial charge in [-0.15, -0.1) is 0 Å². The maximum Gasteiger partial charge on any atom is 0.142 e. The fourth-order valence-corrected chi connectivity index (χ4v) is 3.26. The second-order valence-corrected chi connectivity index (χ2v) is 6.44. The number of anilines is 1. The highest BCUT2D eigenvalue weighted by Gasteiger charge is 2.17. The lowest BCUT2D eigenvalue weighted by Gasteiger charge is -2.31. The standard InChI is InChI=1S/C17H26N2O/c1-13-4-3-8-19(12-13)9-7-15-5-6-17-16(10-15)18-11-14(2)20-17/h5-6,10,13-14,18H,3-4,7-9,11-12H2,1-2H3. The van der Waals surface area contributed by atoms with Crippen LogP contribution in [0.1, 0.15) is 32.3 Å². The summed E-state index contributed by atoms with van der Waals surface area (Å²) in [6.45, 7) is 9.09. The van der Waals surface area contributed by atoms with Crippen LogP contribution in [0.4, 0.5) is 5.69 Å². The van der Waals surface area contributed by atoms with E-state index in [9.17, 15) is 0 Å². The van der Waals surface area contributed by atoms with Crippen molar-refractivity contribution in [1.82, 2.24) is 4.90 Å². The van der Waals surface area contributed by atoms with Gasteiger partial charge in [0.2, 0.25) is 0 Å². The lowest BCUT2D eigenvalue weighted by atomic mass is 10.00. The summed E-state index contributed by atoms with van der Waals surface area (Å²) in [5.74, 6) is 1.86. The van der Waals surface area contributed by atoms with E-state index in [0.717, 1.165) is 30.3 Å². The van der Waals surface area contributed by atoms with Crippen LogP contribution in [0, 0.1) is 5.92 Å². The lowest BCUT2D eigenvalue weighted by Crippen LogP contribution is -2.35. The van der Waals surface area contributed by atoms with E-state index < -0.39 is 0 Å². The van der Waals surface area contributed by atoms with Crippen LogP contribution in [0.3, 0.4) is 0 Å². The molecule has 3 heteroatoms. The molecule has 0 amide bonds. The molecule has 3 rings (SSSR count). The van der Waals surface area contributed by atoms with E-state index in [-0.39, 0.29) is 6.10 Å². The van der Waals surface area contributed by atoms with Gasteiger partial charge in [-0.2, -0.15) is 0 Å². The van der Waals surface area contributed by atoms with Gasteiger partial charge in [-0.3, -0.25) is 0 Å². The van der Waals surface area contributed by atoms with Crippen molar-refractivity contribution in [3.63, 3.8) is 0 Å². The zero-order valence-corrected chi connectivity index (χ0v) is 12.7. The number of nitrogens with one attached hydrogen (secondary N) is 1. The van der Waals surface area contributed by atoms with Crippen LogP contribution in [0.5, 0.6) is 5.75 Å². The number of piperidine rings is 1. The van der Waals surface area contributed by atoms with Crippen LogP contribution >= 0.6 is 0 Å². The Kier molecular flexibility index (Phi) is 4.16. The molecule has 1 saturated heterocycles. The smallest absolute Gasteiger partial charge is 0.142 e. The Morgan fingerprint density at radius 2 is 2.25 bits per heavy atom. The second kappa shape index (κ2) is 6.04. The molecule has 0 aliphatic carbocycles. The minimum Gasteiger partial charge on any atom is -0.487 e. The number of hydrogen-bond donors (Lipinski definition) is 1. The van der Waals surface area contributed by atoms with E-state index in [1.807, 2.05) is 0 Å². The predicted molar refractivity (Wildman–Crippen MR) is 83.6 cm³/mol. The largest absolute Gasteiger partial charge is 0.487 e. The SMILES string of the molecule is CC1CCCN(CCc2ccc3c(c2)NCC(C)O3)C1. The first-order chi connectivity index (χ1) is 9.70. The number of nitrogens with zero attached hydrogens (tertiary/aromatic N) is 1.